The van der Waals surface area contributed by atoms with Gasteiger partial charge in [-0.3, -0.25) is 4.98 Å². The Morgan fingerprint density at radius 1 is 1.23 bits per heavy atom. The molecule has 1 saturated heterocycles. The number of hydrogen-bond acceptors (Lipinski definition) is 1. The van der Waals surface area contributed by atoms with Crippen LogP contribution >= 0.6 is 0 Å². The molecule has 0 spiro atoms. The number of nitrogens with zero attached hydrogens (tertiary/aromatic N) is 1. The van der Waals surface area contributed by atoms with Crippen molar-refractivity contribution in [3.8, 4) is 0 Å². The first-order valence-corrected chi connectivity index (χ1v) is 4.93. The summed E-state index contributed by atoms with van der Waals surface area (Å²) in [6.45, 7) is 2.40. The van der Waals surface area contributed by atoms with E-state index in [0.717, 1.165) is 5.92 Å². The summed E-state index contributed by atoms with van der Waals surface area (Å²) in [6, 6.07) is 4.28. The molecule has 2 rings (SSSR count). The zero-order chi connectivity index (χ0) is 9.10. The van der Waals surface area contributed by atoms with Gasteiger partial charge in [-0.1, -0.05) is 0 Å². The quantitative estimate of drug-likeness (QED) is 0.621. The molecule has 1 aliphatic heterocycles. The largest absolute Gasteiger partial charge is 0.468 e. The molecule has 1 aliphatic rings. The standard InChI is InChI=1S/C11H16N2/c1-13-8-4-11(5-9-13)10-2-6-12-7-3-10/h2-3,6-7,11,13H,1,4-5,8-9H2. The van der Waals surface area contributed by atoms with E-state index in [1.54, 1.807) is 0 Å². The highest BCUT2D eigenvalue weighted by molar-refractivity contribution is 5.15. The highest BCUT2D eigenvalue weighted by Gasteiger charge is 2.18. The maximum Gasteiger partial charge on any atom is 0.0536 e. The molecule has 1 aromatic rings. The smallest absolute Gasteiger partial charge is 0.0536 e. The lowest BCUT2D eigenvalue weighted by Crippen LogP contribution is -3.07. The lowest BCUT2D eigenvalue weighted by molar-refractivity contribution is -0.859. The van der Waals surface area contributed by atoms with Gasteiger partial charge in [0.2, 0.25) is 0 Å². The number of rotatable bonds is 1. The Balaban J connectivity index is 2.03. The molecular weight excluding hydrogens is 160 g/mol. The summed E-state index contributed by atoms with van der Waals surface area (Å²) in [5.74, 6) is 0.744. The second-order valence-electron chi connectivity index (χ2n) is 3.80. The third-order valence-electron chi connectivity index (χ3n) is 2.87. The number of aromatic nitrogens is 1. The van der Waals surface area contributed by atoms with Crippen LogP contribution in [0.4, 0.5) is 0 Å². The van der Waals surface area contributed by atoms with Gasteiger partial charge >= 0.3 is 0 Å². The fourth-order valence-electron chi connectivity index (χ4n) is 1.99. The summed E-state index contributed by atoms with van der Waals surface area (Å²) in [5, 5.41) is 0. The van der Waals surface area contributed by atoms with Crippen molar-refractivity contribution in [3.63, 3.8) is 0 Å². The van der Waals surface area contributed by atoms with E-state index in [0.29, 0.717) is 0 Å². The zero-order valence-electron chi connectivity index (χ0n) is 7.87. The van der Waals surface area contributed by atoms with E-state index < -0.39 is 0 Å². The minimum Gasteiger partial charge on any atom is -0.468 e. The predicted octanol–water partition coefficient (Wildman–Crippen LogP) is 0.635. The molecule has 0 unspecified atom stereocenters. The molecule has 0 bridgehead atoms. The van der Waals surface area contributed by atoms with Crippen molar-refractivity contribution in [3.05, 3.63) is 37.1 Å². The molecule has 0 amide bonds. The van der Waals surface area contributed by atoms with Crippen molar-refractivity contribution < 1.29 is 4.90 Å². The maximum atomic E-state index is 4.04. The van der Waals surface area contributed by atoms with Crippen molar-refractivity contribution in [2.45, 2.75) is 18.8 Å². The minimum absolute atomic E-state index is 0.744. The normalized spacial score (nSPS) is 28.7. The Morgan fingerprint density at radius 3 is 2.46 bits per heavy atom. The highest BCUT2D eigenvalue weighted by atomic mass is 15.1. The van der Waals surface area contributed by atoms with Crippen LogP contribution in [0.1, 0.15) is 24.3 Å². The summed E-state index contributed by atoms with van der Waals surface area (Å²) in [6.07, 6.45) is 6.31. The highest BCUT2D eigenvalue weighted by Crippen LogP contribution is 2.22. The van der Waals surface area contributed by atoms with Crippen molar-refractivity contribution >= 4 is 0 Å². The predicted molar refractivity (Wildman–Crippen MR) is 52.3 cm³/mol. The molecular formula is C11H16N2. The summed E-state index contributed by atoms with van der Waals surface area (Å²) < 4.78 is 0. The van der Waals surface area contributed by atoms with Crippen molar-refractivity contribution in [1.29, 1.82) is 0 Å². The third kappa shape index (κ3) is 2.07. The van der Waals surface area contributed by atoms with E-state index in [4.69, 9.17) is 0 Å². The van der Waals surface area contributed by atoms with Gasteiger partial charge in [0.1, 0.15) is 0 Å². The third-order valence-corrected chi connectivity index (χ3v) is 2.87. The monoisotopic (exact) mass is 176 g/mol. The van der Waals surface area contributed by atoms with Crippen LogP contribution in [0.15, 0.2) is 24.5 Å². The number of likely N-dealkylation sites (tertiary alicyclic amines) is 1. The maximum absolute atomic E-state index is 4.04. The molecule has 1 fully saturated rings. The Hall–Kier alpha value is -0.890. The molecule has 0 aromatic carbocycles. The molecule has 2 heteroatoms. The average molecular weight is 176 g/mol. The molecule has 2 nitrogen and oxygen atoms in total. The van der Waals surface area contributed by atoms with Gasteiger partial charge in [-0.2, -0.15) is 7.05 Å². The van der Waals surface area contributed by atoms with Crippen LogP contribution < -0.4 is 4.90 Å². The van der Waals surface area contributed by atoms with Crippen LogP contribution in [0, 0.1) is 7.05 Å². The molecule has 0 aliphatic carbocycles. The summed E-state index contributed by atoms with van der Waals surface area (Å²) in [7, 11) is 4.03. The van der Waals surface area contributed by atoms with E-state index in [1.165, 1.54) is 36.4 Å². The molecule has 0 saturated carbocycles. The van der Waals surface area contributed by atoms with E-state index in [9.17, 15) is 0 Å². The molecule has 70 valence electrons. The van der Waals surface area contributed by atoms with Gasteiger partial charge in [0.25, 0.3) is 0 Å². The van der Waals surface area contributed by atoms with Gasteiger partial charge < -0.3 is 4.90 Å². The van der Waals surface area contributed by atoms with Crippen LogP contribution in [-0.4, -0.2) is 18.1 Å². The van der Waals surface area contributed by atoms with Crippen LogP contribution in [0.2, 0.25) is 0 Å². The van der Waals surface area contributed by atoms with Crippen molar-refractivity contribution in [2.75, 3.05) is 13.1 Å². The van der Waals surface area contributed by atoms with Crippen molar-refractivity contribution in [1.82, 2.24) is 4.98 Å². The van der Waals surface area contributed by atoms with Gasteiger partial charge in [-0.25, -0.2) is 0 Å². The van der Waals surface area contributed by atoms with Gasteiger partial charge in [0, 0.05) is 25.2 Å². The van der Waals surface area contributed by atoms with Crippen LogP contribution in [0.5, 0.6) is 0 Å². The lowest BCUT2D eigenvalue weighted by atomic mass is 9.90. The number of nitrogens with one attached hydrogen (secondary N) is 1. The van der Waals surface area contributed by atoms with Gasteiger partial charge in [0.05, 0.1) is 13.1 Å². The molecule has 1 aromatic heterocycles. The Kier molecular flexibility index (Phi) is 2.60. The Labute approximate surface area is 79.6 Å². The van der Waals surface area contributed by atoms with Crippen molar-refractivity contribution in [2.24, 2.45) is 0 Å². The Bertz CT molecular complexity index is 250. The van der Waals surface area contributed by atoms with Crippen LogP contribution in [-0.2, 0) is 0 Å². The topological polar surface area (TPSA) is 17.3 Å². The van der Waals surface area contributed by atoms with Gasteiger partial charge in [-0.15, -0.1) is 0 Å². The molecule has 0 atom stereocenters. The molecule has 13 heavy (non-hydrogen) atoms. The summed E-state index contributed by atoms with van der Waals surface area (Å²) in [4.78, 5) is 5.46. The molecule has 0 radical (unpaired) electrons. The molecule has 2 heterocycles. The second-order valence-corrected chi connectivity index (χ2v) is 3.80. The fraction of sp³-hybridized carbons (Fsp3) is 0.455. The van der Waals surface area contributed by atoms with E-state index in [1.807, 2.05) is 12.4 Å². The zero-order valence-corrected chi connectivity index (χ0v) is 7.87. The number of hydrogen-bond donors (Lipinski definition) is 1. The number of quaternary nitrogens is 1. The van der Waals surface area contributed by atoms with Crippen LogP contribution in [0.3, 0.4) is 0 Å². The first-order chi connectivity index (χ1) is 6.36. The SMILES string of the molecule is [CH2-][NH+]1CCC(c2ccncc2)CC1. The van der Waals surface area contributed by atoms with Gasteiger partial charge in [-0.05, 0) is 23.6 Å². The van der Waals surface area contributed by atoms with Crippen LogP contribution in [0.25, 0.3) is 0 Å². The molecule has 1 N–H and O–H groups in total. The first kappa shape index (κ1) is 8.70. The summed E-state index contributed by atoms with van der Waals surface area (Å²) in [5.41, 5.74) is 1.45. The number of pyridine rings is 1. The Morgan fingerprint density at radius 2 is 1.85 bits per heavy atom. The first-order valence-electron chi connectivity index (χ1n) is 4.93. The van der Waals surface area contributed by atoms with E-state index >= 15 is 0 Å². The summed E-state index contributed by atoms with van der Waals surface area (Å²) >= 11 is 0. The number of piperidine rings is 1. The minimum atomic E-state index is 0.744. The fourth-order valence-corrected chi connectivity index (χ4v) is 1.99. The lowest BCUT2D eigenvalue weighted by Gasteiger charge is -2.31. The second kappa shape index (κ2) is 3.88. The van der Waals surface area contributed by atoms with E-state index in [2.05, 4.69) is 24.2 Å². The van der Waals surface area contributed by atoms with E-state index in [-0.39, 0.29) is 0 Å². The average Bonchev–Trinajstić information content (AvgIpc) is 2.20. The van der Waals surface area contributed by atoms with Gasteiger partial charge in [0.15, 0.2) is 0 Å².